The highest BCUT2D eigenvalue weighted by atomic mass is 32.2. The van der Waals surface area contributed by atoms with Gasteiger partial charge in [0.25, 0.3) is 0 Å². The molecule has 124 valence electrons. The Morgan fingerprint density at radius 3 is 2.00 bits per heavy atom. The Hall–Kier alpha value is -2.10. The van der Waals surface area contributed by atoms with Crippen LogP contribution in [0.25, 0.3) is 10.2 Å². The molecule has 25 heavy (non-hydrogen) atoms. The fraction of sp³-hybridized carbons (Fsp3) is 0.136. The van der Waals surface area contributed by atoms with Crippen molar-refractivity contribution in [3.05, 3.63) is 101 Å². The topological polar surface area (TPSA) is 12.9 Å². The van der Waals surface area contributed by atoms with Crippen LogP contribution in [0.3, 0.4) is 0 Å². The summed E-state index contributed by atoms with van der Waals surface area (Å²) in [5, 5.41) is 1.53. The summed E-state index contributed by atoms with van der Waals surface area (Å²) in [5.41, 5.74) is 3.77. The lowest BCUT2D eigenvalue weighted by atomic mass is 9.92. The molecule has 1 heterocycles. The lowest BCUT2D eigenvalue weighted by Crippen LogP contribution is -2.10. The van der Waals surface area contributed by atoms with Gasteiger partial charge in [0.1, 0.15) is 5.01 Å². The van der Waals surface area contributed by atoms with Gasteiger partial charge in [0.2, 0.25) is 0 Å². The molecule has 0 aliphatic carbocycles. The average molecular weight is 362 g/mol. The van der Waals surface area contributed by atoms with Gasteiger partial charge in [-0.15, -0.1) is 11.3 Å². The van der Waals surface area contributed by atoms with E-state index in [1.54, 1.807) is 0 Å². The Labute approximate surface area is 156 Å². The van der Waals surface area contributed by atoms with E-state index in [4.69, 9.17) is 4.98 Å². The van der Waals surface area contributed by atoms with Crippen LogP contribution in [0.15, 0.2) is 84.9 Å². The first-order chi connectivity index (χ1) is 12.4. The predicted molar refractivity (Wildman–Crippen MR) is 111 cm³/mol. The third kappa shape index (κ3) is 3.35. The molecule has 0 amide bonds. The van der Waals surface area contributed by atoms with Gasteiger partial charge in [0.15, 0.2) is 0 Å². The minimum absolute atomic E-state index is 0.246. The molecular weight excluding hydrogens is 342 g/mol. The summed E-state index contributed by atoms with van der Waals surface area (Å²) in [6.45, 7) is 0. The Balaban J connectivity index is 1.87. The predicted octanol–water partition coefficient (Wildman–Crippen LogP) is 6.53. The lowest BCUT2D eigenvalue weighted by Gasteiger charge is -2.25. The Morgan fingerprint density at radius 1 is 0.760 bits per heavy atom. The van der Waals surface area contributed by atoms with Crippen molar-refractivity contribution in [1.82, 2.24) is 4.98 Å². The summed E-state index contributed by atoms with van der Waals surface area (Å²) in [5.74, 6) is 0.246. The highest BCUT2D eigenvalue weighted by molar-refractivity contribution is 7.98. The number of para-hydroxylation sites is 1. The molecule has 0 N–H and O–H groups in total. The maximum atomic E-state index is 4.99. The molecule has 2 atom stereocenters. The van der Waals surface area contributed by atoms with Crippen molar-refractivity contribution >= 4 is 33.3 Å². The van der Waals surface area contributed by atoms with E-state index in [-0.39, 0.29) is 5.92 Å². The van der Waals surface area contributed by atoms with Crippen LogP contribution >= 0.6 is 23.1 Å². The maximum Gasteiger partial charge on any atom is 0.103 e. The summed E-state index contributed by atoms with van der Waals surface area (Å²) in [6, 6.07) is 30.0. The van der Waals surface area contributed by atoms with Gasteiger partial charge in [-0.2, -0.15) is 11.8 Å². The van der Waals surface area contributed by atoms with Crippen molar-refractivity contribution in [2.75, 3.05) is 6.26 Å². The van der Waals surface area contributed by atoms with Crippen molar-refractivity contribution in [2.45, 2.75) is 11.2 Å². The number of nitrogens with zero attached hydrogens (tertiary/aromatic N) is 1. The fourth-order valence-electron chi connectivity index (χ4n) is 3.24. The van der Waals surface area contributed by atoms with Crippen LogP contribution in [0.2, 0.25) is 0 Å². The zero-order valence-electron chi connectivity index (χ0n) is 14.0. The number of aromatic nitrogens is 1. The molecule has 4 rings (SSSR count). The van der Waals surface area contributed by atoms with Gasteiger partial charge in [-0.05, 0) is 29.5 Å². The van der Waals surface area contributed by atoms with E-state index in [9.17, 15) is 0 Å². The van der Waals surface area contributed by atoms with E-state index in [2.05, 4.69) is 91.2 Å². The highest BCUT2D eigenvalue weighted by Gasteiger charge is 2.28. The number of thiazole rings is 1. The quantitative estimate of drug-likeness (QED) is 0.401. The standard InChI is InChI=1S/C22H19NS2/c1-24-21(17-12-6-3-7-13-17)20(16-10-4-2-5-11-16)22-23-18-14-8-9-15-19(18)25-22/h2-15,20-21H,1H3. The molecule has 0 fully saturated rings. The molecule has 0 saturated carbocycles. The second-order valence-corrected chi connectivity index (χ2v) is 8.02. The van der Waals surface area contributed by atoms with Gasteiger partial charge in [-0.25, -0.2) is 4.98 Å². The van der Waals surface area contributed by atoms with E-state index in [1.807, 2.05) is 23.1 Å². The molecule has 0 aliphatic heterocycles. The van der Waals surface area contributed by atoms with Crippen molar-refractivity contribution in [3.63, 3.8) is 0 Å². The van der Waals surface area contributed by atoms with E-state index >= 15 is 0 Å². The first-order valence-corrected chi connectivity index (χ1v) is 10.5. The summed E-state index contributed by atoms with van der Waals surface area (Å²) in [4.78, 5) is 4.99. The maximum absolute atomic E-state index is 4.99. The first kappa shape index (κ1) is 16.4. The smallest absolute Gasteiger partial charge is 0.103 e. The molecule has 0 aliphatic rings. The van der Waals surface area contributed by atoms with Gasteiger partial charge in [-0.3, -0.25) is 0 Å². The summed E-state index contributed by atoms with van der Waals surface area (Å²) in [6.07, 6.45) is 2.20. The monoisotopic (exact) mass is 361 g/mol. The second kappa shape index (κ2) is 7.42. The zero-order chi connectivity index (χ0) is 17.1. The largest absolute Gasteiger partial charge is 0.240 e. The van der Waals surface area contributed by atoms with Crippen molar-refractivity contribution in [3.8, 4) is 0 Å². The molecule has 0 radical (unpaired) electrons. The molecule has 1 aromatic heterocycles. The van der Waals surface area contributed by atoms with Crippen LogP contribution in [0, 0.1) is 0 Å². The van der Waals surface area contributed by atoms with Gasteiger partial charge >= 0.3 is 0 Å². The van der Waals surface area contributed by atoms with Gasteiger partial charge in [0, 0.05) is 5.25 Å². The molecule has 0 bridgehead atoms. The van der Waals surface area contributed by atoms with Crippen LogP contribution in [0.4, 0.5) is 0 Å². The van der Waals surface area contributed by atoms with E-state index in [0.29, 0.717) is 5.25 Å². The second-order valence-electron chi connectivity index (χ2n) is 5.98. The molecule has 3 aromatic carbocycles. The minimum Gasteiger partial charge on any atom is -0.240 e. The fourth-order valence-corrected chi connectivity index (χ4v) is 5.44. The van der Waals surface area contributed by atoms with E-state index in [1.165, 1.54) is 20.8 Å². The minimum atomic E-state index is 0.246. The van der Waals surface area contributed by atoms with Crippen molar-refractivity contribution < 1.29 is 0 Å². The Kier molecular flexibility index (Phi) is 4.86. The number of fused-ring (bicyclic) bond motifs is 1. The highest BCUT2D eigenvalue weighted by Crippen LogP contribution is 2.46. The molecule has 0 spiro atoms. The number of hydrogen-bond donors (Lipinski definition) is 0. The normalized spacial score (nSPS) is 13.6. The van der Waals surface area contributed by atoms with E-state index < -0.39 is 0 Å². The Morgan fingerprint density at radius 2 is 1.36 bits per heavy atom. The summed E-state index contributed by atoms with van der Waals surface area (Å²) < 4.78 is 1.26. The van der Waals surface area contributed by atoms with Crippen LogP contribution in [0.5, 0.6) is 0 Å². The van der Waals surface area contributed by atoms with Crippen LogP contribution in [-0.2, 0) is 0 Å². The zero-order valence-corrected chi connectivity index (χ0v) is 15.6. The van der Waals surface area contributed by atoms with Crippen LogP contribution in [-0.4, -0.2) is 11.2 Å². The Bertz CT molecular complexity index is 914. The third-order valence-corrected chi connectivity index (χ3v) is 6.59. The molecule has 2 unspecified atom stereocenters. The van der Waals surface area contributed by atoms with E-state index in [0.717, 1.165) is 5.52 Å². The SMILES string of the molecule is CSC(c1ccccc1)C(c1ccccc1)c1nc2ccccc2s1. The number of benzene rings is 3. The van der Waals surface area contributed by atoms with Gasteiger partial charge < -0.3 is 0 Å². The molecule has 0 saturated heterocycles. The summed E-state index contributed by atoms with van der Waals surface area (Å²) in [7, 11) is 0. The molecule has 1 nitrogen and oxygen atoms in total. The number of rotatable bonds is 5. The summed E-state index contributed by atoms with van der Waals surface area (Å²) >= 11 is 3.71. The van der Waals surface area contributed by atoms with Gasteiger partial charge in [-0.1, -0.05) is 72.8 Å². The number of thioether (sulfide) groups is 1. The van der Waals surface area contributed by atoms with Gasteiger partial charge in [0.05, 0.1) is 16.1 Å². The third-order valence-electron chi connectivity index (χ3n) is 4.42. The van der Waals surface area contributed by atoms with Crippen molar-refractivity contribution in [1.29, 1.82) is 0 Å². The molecule has 3 heteroatoms. The average Bonchev–Trinajstić information content (AvgIpc) is 3.11. The lowest BCUT2D eigenvalue weighted by molar-refractivity contribution is 0.781. The van der Waals surface area contributed by atoms with Crippen LogP contribution in [0.1, 0.15) is 27.3 Å². The van der Waals surface area contributed by atoms with Crippen LogP contribution < -0.4 is 0 Å². The molecule has 4 aromatic rings. The number of hydrogen-bond acceptors (Lipinski definition) is 3. The molecular formula is C22H19NS2. The van der Waals surface area contributed by atoms with Crippen molar-refractivity contribution in [2.24, 2.45) is 0 Å². The first-order valence-electron chi connectivity index (χ1n) is 8.35.